The van der Waals surface area contributed by atoms with Crippen LogP contribution in [0, 0.1) is 6.92 Å². The van der Waals surface area contributed by atoms with E-state index in [1.807, 2.05) is 6.92 Å². The summed E-state index contributed by atoms with van der Waals surface area (Å²) in [6, 6.07) is 0. The van der Waals surface area contributed by atoms with Crippen LogP contribution in [-0.2, 0) is 16.9 Å². The average Bonchev–Trinajstić information content (AvgIpc) is 2.57. The van der Waals surface area contributed by atoms with E-state index in [9.17, 15) is 0 Å². The molecule has 0 saturated heterocycles. The van der Waals surface area contributed by atoms with Gasteiger partial charge in [0, 0.05) is 18.0 Å². The second-order valence-electron chi connectivity index (χ2n) is 4.25. The van der Waals surface area contributed by atoms with Gasteiger partial charge in [-0.1, -0.05) is 6.92 Å². The Kier molecular flexibility index (Phi) is 4.89. The Morgan fingerprint density at radius 2 is 2.06 bits per heavy atom. The highest BCUT2D eigenvalue weighted by atomic mass is 32.1. The average molecular weight is 242 g/mol. The molecule has 0 bridgehead atoms. The minimum atomic E-state index is -0.269. The standard InChI is InChI=1S/C12H22N2OS/c1-6-13-8-10-9(3)14-11(16-10)12(4,5)15-7-2/h13H,6-8H2,1-5H3. The molecule has 1 rings (SSSR count). The number of nitrogens with one attached hydrogen (secondary N) is 1. The molecule has 1 N–H and O–H groups in total. The van der Waals surface area contributed by atoms with E-state index in [4.69, 9.17) is 4.74 Å². The van der Waals surface area contributed by atoms with Crippen LogP contribution in [0.15, 0.2) is 0 Å². The maximum absolute atomic E-state index is 5.72. The van der Waals surface area contributed by atoms with Gasteiger partial charge in [-0.2, -0.15) is 0 Å². The van der Waals surface area contributed by atoms with Crippen molar-refractivity contribution in [1.82, 2.24) is 10.3 Å². The molecule has 0 saturated carbocycles. The Labute approximate surface area is 102 Å². The van der Waals surface area contributed by atoms with Crippen LogP contribution in [0.5, 0.6) is 0 Å². The molecule has 0 unspecified atom stereocenters. The molecule has 0 aliphatic heterocycles. The first kappa shape index (κ1) is 13.6. The van der Waals surface area contributed by atoms with Gasteiger partial charge in [-0.15, -0.1) is 11.3 Å². The molecular weight excluding hydrogens is 220 g/mol. The first-order valence-electron chi connectivity index (χ1n) is 5.82. The van der Waals surface area contributed by atoms with Crippen molar-refractivity contribution in [2.45, 2.75) is 46.8 Å². The highest BCUT2D eigenvalue weighted by molar-refractivity contribution is 7.11. The first-order chi connectivity index (χ1) is 7.51. The third-order valence-corrected chi connectivity index (χ3v) is 3.91. The van der Waals surface area contributed by atoms with Gasteiger partial charge in [0.1, 0.15) is 10.6 Å². The van der Waals surface area contributed by atoms with Crippen LogP contribution in [-0.4, -0.2) is 18.1 Å². The summed E-state index contributed by atoms with van der Waals surface area (Å²) in [5, 5.41) is 4.40. The molecule has 0 atom stereocenters. The quantitative estimate of drug-likeness (QED) is 0.833. The number of rotatable bonds is 6. The molecule has 0 aliphatic rings. The Morgan fingerprint density at radius 3 is 2.62 bits per heavy atom. The normalized spacial score (nSPS) is 12.1. The third kappa shape index (κ3) is 3.27. The van der Waals surface area contributed by atoms with Crippen LogP contribution in [0.3, 0.4) is 0 Å². The van der Waals surface area contributed by atoms with Gasteiger partial charge in [0.25, 0.3) is 0 Å². The maximum Gasteiger partial charge on any atom is 0.125 e. The van der Waals surface area contributed by atoms with E-state index >= 15 is 0 Å². The Bertz CT molecular complexity index is 334. The lowest BCUT2D eigenvalue weighted by atomic mass is 10.1. The summed E-state index contributed by atoms with van der Waals surface area (Å²) >= 11 is 1.75. The fourth-order valence-corrected chi connectivity index (χ4v) is 2.60. The molecule has 4 heteroatoms. The molecular formula is C12H22N2OS. The first-order valence-corrected chi connectivity index (χ1v) is 6.64. The van der Waals surface area contributed by atoms with Crippen molar-refractivity contribution in [2.75, 3.05) is 13.2 Å². The molecule has 0 aromatic carbocycles. The molecule has 0 spiro atoms. The van der Waals surface area contributed by atoms with Gasteiger partial charge >= 0.3 is 0 Å². The molecule has 92 valence electrons. The number of aryl methyl sites for hydroxylation is 1. The van der Waals surface area contributed by atoms with E-state index in [1.54, 1.807) is 11.3 Å². The number of ether oxygens (including phenoxy) is 1. The second-order valence-corrected chi connectivity index (χ2v) is 5.33. The minimum absolute atomic E-state index is 0.269. The molecule has 1 aromatic rings. The molecule has 16 heavy (non-hydrogen) atoms. The van der Waals surface area contributed by atoms with Crippen LogP contribution in [0.4, 0.5) is 0 Å². The summed E-state index contributed by atoms with van der Waals surface area (Å²) in [6.45, 7) is 13.0. The predicted octanol–water partition coefficient (Wildman–Crippen LogP) is 2.83. The maximum atomic E-state index is 5.72. The zero-order valence-corrected chi connectivity index (χ0v) is 11.7. The number of hydrogen-bond acceptors (Lipinski definition) is 4. The Morgan fingerprint density at radius 1 is 1.38 bits per heavy atom. The van der Waals surface area contributed by atoms with Gasteiger partial charge in [0.05, 0.1) is 5.69 Å². The van der Waals surface area contributed by atoms with Crippen LogP contribution >= 0.6 is 11.3 Å². The molecule has 0 aliphatic carbocycles. The number of thiazole rings is 1. The summed E-state index contributed by atoms with van der Waals surface area (Å²) in [4.78, 5) is 5.92. The lowest BCUT2D eigenvalue weighted by molar-refractivity contribution is -0.0142. The van der Waals surface area contributed by atoms with Gasteiger partial charge in [0.15, 0.2) is 0 Å². The number of nitrogens with zero attached hydrogens (tertiary/aromatic N) is 1. The fourth-order valence-electron chi connectivity index (χ4n) is 1.51. The van der Waals surface area contributed by atoms with Crippen molar-refractivity contribution < 1.29 is 4.74 Å². The van der Waals surface area contributed by atoms with Crippen molar-refractivity contribution in [3.63, 3.8) is 0 Å². The van der Waals surface area contributed by atoms with Gasteiger partial charge in [-0.05, 0) is 34.2 Å². The van der Waals surface area contributed by atoms with Crippen molar-refractivity contribution in [3.05, 3.63) is 15.6 Å². The Balaban J connectivity index is 2.82. The summed E-state index contributed by atoms with van der Waals surface area (Å²) in [7, 11) is 0. The monoisotopic (exact) mass is 242 g/mol. The van der Waals surface area contributed by atoms with Crippen molar-refractivity contribution in [1.29, 1.82) is 0 Å². The number of aromatic nitrogens is 1. The summed E-state index contributed by atoms with van der Waals surface area (Å²) in [5.41, 5.74) is 0.850. The van der Waals surface area contributed by atoms with Crippen molar-refractivity contribution in [3.8, 4) is 0 Å². The summed E-state index contributed by atoms with van der Waals surface area (Å²) < 4.78 is 5.72. The smallest absolute Gasteiger partial charge is 0.125 e. The van der Waals surface area contributed by atoms with Crippen LogP contribution in [0.25, 0.3) is 0 Å². The lowest BCUT2D eigenvalue weighted by Gasteiger charge is -2.21. The van der Waals surface area contributed by atoms with Crippen LogP contribution in [0.1, 0.15) is 43.3 Å². The molecule has 0 amide bonds. The highest BCUT2D eigenvalue weighted by Crippen LogP contribution is 2.30. The molecule has 3 nitrogen and oxygen atoms in total. The van der Waals surface area contributed by atoms with Gasteiger partial charge < -0.3 is 10.1 Å². The van der Waals surface area contributed by atoms with E-state index in [-0.39, 0.29) is 5.60 Å². The molecule has 0 fully saturated rings. The SMILES string of the molecule is CCNCc1sc(C(C)(C)OCC)nc1C. The van der Waals surface area contributed by atoms with E-state index in [0.29, 0.717) is 6.61 Å². The predicted molar refractivity (Wildman–Crippen MR) is 68.9 cm³/mol. The molecule has 0 radical (unpaired) electrons. The van der Waals surface area contributed by atoms with Crippen molar-refractivity contribution in [2.24, 2.45) is 0 Å². The van der Waals surface area contributed by atoms with Gasteiger partial charge in [0.2, 0.25) is 0 Å². The summed E-state index contributed by atoms with van der Waals surface area (Å²) in [6.07, 6.45) is 0. The zero-order chi connectivity index (χ0) is 12.2. The topological polar surface area (TPSA) is 34.1 Å². The Hall–Kier alpha value is -0.450. The zero-order valence-electron chi connectivity index (χ0n) is 10.9. The van der Waals surface area contributed by atoms with E-state index in [2.05, 4.69) is 38.0 Å². The largest absolute Gasteiger partial charge is 0.369 e. The minimum Gasteiger partial charge on any atom is -0.369 e. The van der Waals surface area contributed by atoms with Gasteiger partial charge in [-0.3, -0.25) is 0 Å². The highest BCUT2D eigenvalue weighted by Gasteiger charge is 2.25. The molecule has 1 aromatic heterocycles. The third-order valence-electron chi connectivity index (χ3n) is 2.45. The second kappa shape index (κ2) is 5.75. The van der Waals surface area contributed by atoms with Crippen LogP contribution < -0.4 is 5.32 Å². The van der Waals surface area contributed by atoms with E-state index < -0.39 is 0 Å². The number of hydrogen-bond donors (Lipinski definition) is 1. The fraction of sp³-hybridized carbons (Fsp3) is 0.750. The van der Waals surface area contributed by atoms with Gasteiger partial charge in [-0.25, -0.2) is 4.98 Å². The lowest BCUT2D eigenvalue weighted by Crippen LogP contribution is -2.21. The van der Waals surface area contributed by atoms with E-state index in [1.165, 1.54) is 4.88 Å². The summed E-state index contributed by atoms with van der Waals surface area (Å²) in [5.74, 6) is 0. The van der Waals surface area contributed by atoms with Crippen LogP contribution in [0.2, 0.25) is 0 Å². The molecule has 1 heterocycles. The van der Waals surface area contributed by atoms with E-state index in [0.717, 1.165) is 23.8 Å². The van der Waals surface area contributed by atoms with Crippen molar-refractivity contribution >= 4 is 11.3 Å².